The van der Waals surface area contributed by atoms with E-state index in [2.05, 4.69) is 10.3 Å². The molecule has 1 amide bonds. The van der Waals surface area contributed by atoms with Gasteiger partial charge in [0.15, 0.2) is 0 Å². The third-order valence-corrected chi connectivity index (χ3v) is 4.95. The van der Waals surface area contributed by atoms with Crippen LogP contribution in [0.25, 0.3) is 0 Å². The van der Waals surface area contributed by atoms with Crippen LogP contribution in [-0.4, -0.2) is 28.5 Å². The molecule has 1 atom stereocenters. The first-order chi connectivity index (χ1) is 11.1. The highest BCUT2D eigenvalue weighted by Crippen LogP contribution is 2.22. The molecule has 1 aromatic heterocycles. The summed E-state index contributed by atoms with van der Waals surface area (Å²) in [5.74, 6) is 2.58. The molecule has 1 saturated heterocycles. The number of ether oxygens (including phenoxy) is 1. The fraction of sp³-hybridized carbons (Fsp3) is 0.333. The molecule has 1 aliphatic rings. The smallest absolute Gasteiger partial charge is 0.257 e. The Kier molecular flexibility index (Phi) is 4.86. The molecule has 1 N–H and O–H groups in total. The van der Waals surface area contributed by atoms with Gasteiger partial charge < -0.3 is 10.1 Å². The van der Waals surface area contributed by atoms with Gasteiger partial charge in [-0.3, -0.25) is 4.79 Å². The number of nitrogens with one attached hydrogen (secondary N) is 1. The van der Waals surface area contributed by atoms with Crippen LogP contribution in [0.1, 0.15) is 27.9 Å². The van der Waals surface area contributed by atoms with Crippen molar-refractivity contribution in [2.75, 3.05) is 16.8 Å². The maximum absolute atomic E-state index is 12.3. The standard InChI is InChI=1S/C18H20N2O2S/c1-12-3-4-13(2)16(9-12)20-18(21)14-5-6-17(19-10-14)22-15-7-8-23-11-15/h3-6,9-10,15H,7-8,11H2,1-2H3,(H,20,21). The van der Waals surface area contributed by atoms with Crippen LogP contribution in [0.15, 0.2) is 36.5 Å². The fourth-order valence-corrected chi connectivity index (χ4v) is 3.52. The molecular formula is C18H20N2O2S. The minimum Gasteiger partial charge on any atom is -0.473 e. The molecule has 1 unspecified atom stereocenters. The van der Waals surface area contributed by atoms with Crippen LogP contribution in [-0.2, 0) is 0 Å². The summed E-state index contributed by atoms with van der Waals surface area (Å²) < 4.78 is 5.80. The van der Waals surface area contributed by atoms with Gasteiger partial charge in [0.1, 0.15) is 6.10 Å². The number of pyridine rings is 1. The van der Waals surface area contributed by atoms with E-state index in [0.717, 1.165) is 34.7 Å². The number of benzene rings is 1. The normalized spacial score (nSPS) is 17.0. The maximum atomic E-state index is 12.3. The molecule has 2 aromatic rings. The van der Waals surface area contributed by atoms with Crippen molar-refractivity contribution in [3.05, 3.63) is 53.2 Å². The monoisotopic (exact) mass is 328 g/mol. The zero-order chi connectivity index (χ0) is 16.2. The number of thioether (sulfide) groups is 1. The molecule has 0 bridgehead atoms. The third kappa shape index (κ3) is 4.05. The molecule has 0 radical (unpaired) electrons. The van der Waals surface area contributed by atoms with Crippen LogP contribution in [0.2, 0.25) is 0 Å². The minimum absolute atomic E-state index is 0.158. The lowest BCUT2D eigenvalue weighted by molar-refractivity contribution is 0.102. The van der Waals surface area contributed by atoms with E-state index in [9.17, 15) is 4.79 Å². The lowest BCUT2D eigenvalue weighted by Gasteiger charge is -2.12. The van der Waals surface area contributed by atoms with Crippen LogP contribution < -0.4 is 10.1 Å². The minimum atomic E-state index is -0.158. The van der Waals surface area contributed by atoms with Crippen molar-refractivity contribution >= 4 is 23.4 Å². The van der Waals surface area contributed by atoms with Crippen LogP contribution in [0.4, 0.5) is 5.69 Å². The summed E-state index contributed by atoms with van der Waals surface area (Å²) in [6.07, 6.45) is 2.86. The molecule has 1 aromatic carbocycles. The number of aromatic nitrogens is 1. The van der Waals surface area contributed by atoms with Crippen molar-refractivity contribution in [3.8, 4) is 5.88 Å². The summed E-state index contributed by atoms with van der Waals surface area (Å²) >= 11 is 1.90. The number of rotatable bonds is 4. The Bertz CT molecular complexity index is 695. The Labute approximate surface area is 140 Å². The number of nitrogens with zero attached hydrogens (tertiary/aromatic N) is 1. The zero-order valence-corrected chi connectivity index (χ0v) is 14.2. The van der Waals surface area contributed by atoms with Gasteiger partial charge in [-0.1, -0.05) is 12.1 Å². The molecule has 23 heavy (non-hydrogen) atoms. The average Bonchev–Trinajstić information content (AvgIpc) is 3.04. The predicted molar refractivity (Wildman–Crippen MR) is 94.5 cm³/mol. The lowest BCUT2D eigenvalue weighted by Crippen LogP contribution is -2.16. The van der Waals surface area contributed by atoms with E-state index in [1.54, 1.807) is 18.3 Å². The molecule has 5 heteroatoms. The van der Waals surface area contributed by atoms with Gasteiger partial charge in [0, 0.05) is 23.7 Å². The second-order valence-corrected chi connectivity index (χ2v) is 6.91. The topological polar surface area (TPSA) is 51.2 Å². The maximum Gasteiger partial charge on any atom is 0.257 e. The predicted octanol–water partition coefficient (Wildman–Crippen LogP) is 3.84. The summed E-state index contributed by atoms with van der Waals surface area (Å²) in [7, 11) is 0. The number of carbonyl (C=O) groups excluding carboxylic acids is 1. The molecule has 2 heterocycles. The zero-order valence-electron chi connectivity index (χ0n) is 13.3. The second-order valence-electron chi connectivity index (χ2n) is 5.76. The van der Waals surface area contributed by atoms with Crippen molar-refractivity contribution in [2.45, 2.75) is 26.4 Å². The Morgan fingerprint density at radius 1 is 1.30 bits per heavy atom. The molecule has 1 aliphatic heterocycles. The summed E-state index contributed by atoms with van der Waals surface area (Å²) in [5.41, 5.74) is 3.51. The summed E-state index contributed by atoms with van der Waals surface area (Å²) in [5, 5.41) is 2.94. The van der Waals surface area contributed by atoms with Gasteiger partial charge in [-0.2, -0.15) is 11.8 Å². The highest BCUT2D eigenvalue weighted by Gasteiger charge is 2.17. The number of carbonyl (C=O) groups is 1. The van der Waals surface area contributed by atoms with E-state index in [0.29, 0.717) is 11.4 Å². The van der Waals surface area contributed by atoms with Crippen molar-refractivity contribution < 1.29 is 9.53 Å². The first-order valence-corrected chi connectivity index (χ1v) is 8.86. The number of amides is 1. The first kappa shape index (κ1) is 15.9. The number of aryl methyl sites for hydroxylation is 2. The van der Waals surface area contributed by atoms with Gasteiger partial charge in [-0.05, 0) is 49.3 Å². The Morgan fingerprint density at radius 3 is 2.87 bits per heavy atom. The SMILES string of the molecule is Cc1ccc(C)c(NC(=O)c2ccc(OC3CCSC3)nc2)c1. The van der Waals surface area contributed by atoms with Gasteiger partial charge in [0.2, 0.25) is 5.88 Å². The molecule has 120 valence electrons. The van der Waals surface area contributed by atoms with Gasteiger partial charge in [-0.15, -0.1) is 0 Å². The van der Waals surface area contributed by atoms with Crippen molar-refractivity contribution in [1.29, 1.82) is 0 Å². The summed E-state index contributed by atoms with van der Waals surface area (Å²) in [4.78, 5) is 16.6. The van der Waals surface area contributed by atoms with Crippen molar-refractivity contribution in [2.24, 2.45) is 0 Å². The average molecular weight is 328 g/mol. The van der Waals surface area contributed by atoms with E-state index in [1.807, 2.05) is 43.8 Å². The molecule has 4 nitrogen and oxygen atoms in total. The first-order valence-electron chi connectivity index (χ1n) is 7.71. The molecule has 1 fully saturated rings. The Morgan fingerprint density at radius 2 is 2.17 bits per heavy atom. The molecule has 3 rings (SSSR count). The summed E-state index contributed by atoms with van der Waals surface area (Å²) in [6.45, 7) is 3.98. The highest BCUT2D eigenvalue weighted by molar-refractivity contribution is 7.99. The number of anilines is 1. The number of hydrogen-bond donors (Lipinski definition) is 1. The number of hydrogen-bond acceptors (Lipinski definition) is 4. The van der Waals surface area contributed by atoms with Crippen LogP contribution >= 0.6 is 11.8 Å². The molecule has 0 saturated carbocycles. The van der Waals surface area contributed by atoms with Crippen molar-refractivity contribution in [1.82, 2.24) is 4.98 Å². The Hall–Kier alpha value is -2.01. The Balaban J connectivity index is 1.66. The van der Waals surface area contributed by atoms with E-state index >= 15 is 0 Å². The van der Waals surface area contributed by atoms with E-state index in [4.69, 9.17) is 4.74 Å². The largest absolute Gasteiger partial charge is 0.473 e. The highest BCUT2D eigenvalue weighted by atomic mass is 32.2. The van der Waals surface area contributed by atoms with Crippen LogP contribution in [0, 0.1) is 13.8 Å². The van der Waals surface area contributed by atoms with Crippen LogP contribution in [0.5, 0.6) is 5.88 Å². The van der Waals surface area contributed by atoms with E-state index in [-0.39, 0.29) is 12.0 Å². The quantitative estimate of drug-likeness (QED) is 0.926. The van der Waals surface area contributed by atoms with Gasteiger partial charge in [0.05, 0.1) is 5.56 Å². The third-order valence-electron chi connectivity index (χ3n) is 3.82. The lowest BCUT2D eigenvalue weighted by atomic mass is 10.1. The second kappa shape index (κ2) is 7.04. The van der Waals surface area contributed by atoms with Crippen molar-refractivity contribution in [3.63, 3.8) is 0 Å². The molecule has 0 spiro atoms. The van der Waals surface area contributed by atoms with Gasteiger partial charge in [0.25, 0.3) is 5.91 Å². The molecule has 0 aliphatic carbocycles. The van der Waals surface area contributed by atoms with Gasteiger partial charge >= 0.3 is 0 Å². The molecular weight excluding hydrogens is 308 g/mol. The van der Waals surface area contributed by atoms with E-state index in [1.165, 1.54) is 0 Å². The summed E-state index contributed by atoms with van der Waals surface area (Å²) in [6, 6.07) is 9.52. The van der Waals surface area contributed by atoms with Gasteiger partial charge in [-0.25, -0.2) is 4.98 Å². The fourth-order valence-electron chi connectivity index (χ4n) is 2.43. The van der Waals surface area contributed by atoms with Crippen LogP contribution in [0.3, 0.4) is 0 Å². The van der Waals surface area contributed by atoms with E-state index < -0.39 is 0 Å².